The number of amides is 1. The molecule has 0 aromatic heterocycles. The van der Waals surface area contributed by atoms with Gasteiger partial charge in [-0.1, -0.05) is 11.6 Å². The Morgan fingerprint density at radius 2 is 2.00 bits per heavy atom. The van der Waals surface area contributed by atoms with Gasteiger partial charge in [0.2, 0.25) is 0 Å². The molecule has 134 valence electrons. The molecule has 1 heterocycles. The fraction of sp³-hybridized carbons (Fsp3) is 0.562. The Hall–Kier alpha value is -1.47. The van der Waals surface area contributed by atoms with Crippen LogP contribution in [0.5, 0.6) is 5.75 Å². The van der Waals surface area contributed by atoms with Gasteiger partial charge in [0.05, 0.1) is 24.2 Å². The topological polar surface area (TPSA) is 32.8 Å². The second-order valence-electron chi connectivity index (χ2n) is 6.44. The standard InChI is InChI=1S/C16H20ClF3N2O2/c1-15(2)9-21(10-16(18,19)20)6-7-22(15)14(23)11-4-5-13(24-3)12(17)8-11/h4-5,8H,6-7,9-10H2,1-3H3. The number of benzene rings is 1. The van der Waals surface area contributed by atoms with Crippen LogP contribution in [0.15, 0.2) is 18.2 Å². The van der Waals surface area contributed by atoms with E-state index in [1.54, 1.807) is 30.9 Å². The molecule has 0 bridgehead atoms. The van der Waals surface area contributed by atoms with Gasteiger partial charge in [-0.3, -0.25) is 9.69 Å². The first-order chi connectivity index (χ1) is 11.0. The van der Waals surface area contributed by atoms with E-state index in [0.717, 1.165) is 0 Å². The lowest BCUT2D eigenvalue weighted by atomic mass is 9.97. The van der Waals surface area contributed by atoms with Crippen LogP contribution in [0.3, 0.4) is 0 Å². The van der Waals surface area contributed by atoms with Crippen LogP contribution in [0.4, 0.5) is 13.2 Å². The van der Waals surface area contributed by atoms with Gasteiger partial charge in [0, 0.05) is 25.2 Å². The number of carbonyl (C=O) groups is 1. The summed E-state index contributed by atoms with van der Waals surface area (Å²) in [6.07, 6.45) is -4.24. The van der Waals surface area contributed by atoms with E-state index < -0.39 is 18.3 Å². The Morgan fingerprint density at radius 3 is 2.50 bits per heavy atom. The number of methoxy groups -OCH3 is 1. The molecule has 1 aliphatic rings. The van der Waals surface area contributed by atoms with Gasteiger partial charge in [0.15, 0.2) is 0 Å². The van der Waals surface area contributed by atoms with Crippen molar-refractivity contribution in [3.05, 3.63) is 28.8 Å². The molecule has 1 aromatic carbocycles. The number of nitrogens with zero attached hydrogens (tertiary/aromatic N) is 2. The first-order valence-electron chi connectivity index (χ1n) is 7.48. The fourth-order valence-electron chi connectivity index (χ4n) is 2.98. The highest BCUT2D eigenvalue weighted by molar-refractivity contribution is 6.32. The number of hydrogen-bond acceptors (Lipinski definition) is 3. The second kappa shape index (κ2) is 6.80. The molecule has 4 nitrogen and oxygen atoms in total. The average molecular weight is 365 g/mol. The summed E-state index contributed by atoms with van der Waals surface area (Å²) in [5.41, 5.74) is -0.328. The molecular formula is C16H20ClF3N2O2. The number of piperazine rings is 1. The fourth-order valence-corrected chi connectivity index (χ4v) is 3.23. The number of ether oxygens (including phenoxy) is 1. The lowest BCUT2D eigenvalue weighted by Gasteiger charge is -2.47. The predicted octanol–water partition coefficient (Wildman–Crippen LogP) is 3.45. The van der Waals surface area contributed by atoms with Crippen LogP contribution in [-0.2, 0) is 0 Å². The Labute approximate surface area is 144 Å². The van der Waals surface area contributed by atoms with Crippen LogP contribution in [0.25, 0.3) is 0 Å². The average Bonchev–Trinajstić information content (AvgIpc) is 2.44. The van der Waals surface area contributed by atoms with Crippen molar-refractivity contribution in [1.82, 2.24) is 9.80 Å². The first kappa shape index (κ1) is 18.9. The van der Waals surface area contributed by atoms with Crippen LogP contribution >= 0.6 is 11.6 Å². The van der Waals surface area contributed by atoms with Crippen molar-refractivity contribution in [1.29, 1.82) is 0 Å². The SMILES string of the molecule is COc1ccc(C(=O)N2CCN(CC(F)(F)F)CC2(C)C)cc1Cl. The molecule has 8 heteroatoms. The summed E-state index contributed by atoms with van der Waals surface area (Å²) < 4.78 is 42.8. The zero-order chi connectivity index (χ0) is 18.1. The number of hydrogen-bond donors (Lipinski definition) is 0. The first-order valence-corrected chi connectivity index (χ1v) is 7.86. The third kappa shape index (κ3) is 4.33. The molecule has 0 spiro atoms. The molecule has 2 rings (SSSR count). The maximum Gasteiger partial charge on any atom is 0.401 e. The molecule has 0 atom stereocenters. The molecule has 0 saturated carbocycles. The number of halogens is 4. The van der Waals surface area contributed by atoms with Crippen molar-refractivity contribution in [2.24, 2.45) is 0 Å². The summed E-state index contributed by atoms with van der Waals surface area (Å²) in [5, 5.41) is 0.317. The number of alkyl halides is 3. The van der Waals surface area contributed by atoms with Crippen LogP contribution in [-0.4, -0.2) is 60.7 Å². The van der Waals surface area contributed by atoms with Crippen molar-refractivity contribution in [3.63, 3.8) is 0 Å². The Kier molecular flexibility index (Phi) is 5.34. The van der Waals surface area contributed by atoms with Crippen molar-refractivity contribution in [2.45, 2.75) is 25.6 Å². The van der Waals surface area contributed by atoms with E-state index >= 15 is 0 Å². The predicted molar refractivity (Wildman–Crippen MR) is 85.6 cm³/mol. The molecule has 24 heavy (non-hydrogen) atoms. The lowest BCUT2D eigenvalue weighted by molar-refractivity contribution is -0.153. The van der Waals surface area contributed by atoms with Crippen LogP contribution < -0.4 is 4.74 Å². The lowest BCUT2D eigenvalue weighted by Crippen LogP contribution is -2.62. The number of carbonyl (C=O) groups excluding carboxylic acids is 1. The van der Waals surface area contributed by atoms with Gasteiger partial charge in [-0.05, 0) is 32.0 Å². The highest BCUT2D eigenvalue weighted by Gasteiger charge is 2.40. The minimum Gasteiger partial charge on any atom is -0.495 e. The molecular weight excluding hydrogens is 345 g/mol. The molecule has 1 aliphatic heterocycles. The van der Waals surface area contributed by atoms with Gasteiger partial charge >= 0.3 is 6.18 Å². The Balaban J connectivity index is 2.14. The summed E-state index contributed by atoms with van der Waals surface area (Å²) in [4.78, 5) is 15.7. The van der Waals surface area contributed by atoms with E-state index in [1.165, 1.54) is 18.1 Å². The quantitative estimate of drug-likeness (QED) is 0.823. The number of rotatable bonds is 3. The molecule has 0 aliphatic carbocycles. The summed E-state index contributed by atoms with van der Waals surface area (Å²) >= 11 is 6.05. The molecule has 1 amide bonds. The minimum atomic E-state index is -4.24. The largest absolute Gasteiger partial charge is 0.495 e. The van der Waals surface area contributed by atoms with Crippen molar-refractivity contribution >= 4 is 17.5 Å². The van der Waals surface area contributed by atoms with Gasteiger partial charge in [0.1, 0.15) is 5.75 Å². The van der Waals surface area contributed by atoms with Gasteiger partial charge in [-0.15, -0.1) is 0 Å². The summed E-state index contributed by atoms with van der Waals surface area (Å²) in [7, 11) is 1.48. The van der Waals surface area contributed by atoms with Crippen molar-refractivity contribution < 1.29 is 22.7 Å². The van der Waals surface area contributed by atoms with Crippen molar-refractivity contribution in [2.75, 3.05) is 33.3 Å². The summed E-state index contributed by atoms with van der Waals surface area (Å²) in [5.74, 6) is 0.207. The monoisotopic (exact) mass is 364 g/mol. The third-order valence-electron chi connectivity index (χ3n) is 4.03. The van der Waals surface area contributed by atoms with E-state index in [1.807, 2.05) is 0 Å². The molecule has 0 unspecified atom stereocenters. The maximum atomic E-state index is 12.7. The zero-order valence-corrected chi connectivity index (χ0v) is 14.5. The second-order valence-corrected chi connectivity index (χ2v) is 6.85. The summed E-state index contributed by atoms with van der Waals surface area (Å²) in [6, 6.07) is 4.72. The smallest absolute Gasteiger partial charge is 0.401 e. The van der Waals surface area contributed by atoms with E-state index in [2.05, 4.69) is 0 Å². The van der Waals surface area contributed by atoms with Crippen LogP contribution in [0, 0.1) is 0 Å². The molecule has 1 aromatic rings. The molecule has 0 radical (unpaired) electrons. The molecule has 0 N–H and O–H groups in total. The summed E-state index contributed by atoms with van der Waals surface area (Å²) in [6.45, 7) is 3.12. The molecule has 1 saturated heterocycles. The Bertz CT molecular complexity index is 620. The van der Waals surface area contributed by atoms with Gasteiger partial charge in [-0.2, -0.15) is 13.2 Å². The highest BCUT2D eigenvalue weighted by atomic mass is 35.5. The van der Waals surface area contributed by atoms with E-state index in [9.17, 15) is 18.0 Å². The highest BCUT2D eigenvalue weighted by Crippen LogP contribution is 2.29. The van der Waals surface area contributed by atoms with Gasteiger partial charge in [0.25, 0.3) is 5.91 Å². The normalized spacial score (nSPS) is 18.5. The van der Waals surface area contributed by atoms with Crippen LogP contribution in [0.1, 0.15) is 24.2 Å². The zero-order valence-electron chi connectivity index (χ0n) is 13.8. The van der Waals surface area contributed by atoms with Crippen molar-refractivity contribution in [3.8, 4) is 5.75 Å². The van der Waals surface area contributed by atoms with Crippen LogP contribution in [0.2, 0.25) is 5.02 Å². The maximum absolute atomic E-state index is 12.7. The van der Waals surface area contributed by atoms with Gasteiger partial charge in [-0.25, -0.2) is 0 Å². The minimum absolute atomic E-state index is 0.155. The van der Waals surface area contributed by atoms with E-state index in [0.29, 0.717) is 16.3 Å². The van der Waals surface area contributed by atoms with E-state index in [4.69, 9.17) is 16.3 Å². The third-order valence-corrected chi connectivity index (χ3v) is 4.32. The van der Waals surface area contributed by atoms with Gasteiger partial charge < -0.3 is 9.64 Å². The van der Waals surface area contributed by atoms with E-state index in [-0.39, 0.29) is 25.5 Å². The Morgan fingerprint density at radius 1 is 1.33 bits per heavy atom. The molecule has 1 fully saturated rings.